The van der Waals surface area contributed by atoms with Crippen LogP contribution in [0.3, 0.4) is 0 Å². The van der Waals surface area contributed by atoms with Crippen LogP contribution in [-0.2, 0) is 9.59 Å². The maximum Gasteiger partial charge on any atom is 0.246 e. The van der Waals surface area contributed by atoms with Gasteiger partial charge in [0, 0.05) is 24.9 Å². The fourth-order valence-electron chi connectivity index (χ4n) is 3.04. The zero-order chi connectivity index (χ0) is 18.4. The first kappa shape index (κ1) is 17.9. The van der Waals surface area contributed by atoms with E-state index in [4.69, 9.17) is 0 Å². The van der Waals surface area contributed by atoms with Gasteiger partial charge in [-0.2, -0.15) is 0 Å². The predicted octanol–water partition coefficient (Wildman–Crippen LogP) is 3.72. The summed E-state index contributed by atoms with van der Waals surface area (Å²) in [5.41, 5.74) is 1.39. The third-order valence-electron chi connectivity index (χ3n) is 4.41. The van der Waals surface area contributed by atoms with Crippen molar-refractivity contribution in [3.63, 3.8) is 0 Å². The van der Waals surface area contributed by atoms with E-state index < -0.39 is 0 Å². The Bertz CT molecular complexity index is 805. The lowest BCUT2D eigenvalue weighted by molar-refractivity contribution is -0.130. The second-order valence-electron chi connectivity index (χ2n) is 6.37. The van der Waals surface area contributed by atoms with Crippen molar-refractivity contribution in [3.8, 4) is 0 Å². The molecule has 2 aromatic rings. The number of carbonyl (C=O) groups is 2. The molecule has 1 saturated heterocycles. The first-order valence-corrected chi connectivity index (χ1v) is 8.70. The average Bonchev–Trinajstić information content (AvgIpc) is 2.67. The molecule has 2 amide bonds. The average molecular weight is 352 g/mol. The number of carbonyl (C=O) groups excluding carboxylic acids is 2. The van der Waals surface area contributed by atoms with Gasteiger partial charge in [-0.25, -0.2) is 4.39 Å². The van der Waals surface area contributed by atoms with Gasteiger partial charge in [0.2, 0.25) is 11.8 Å². The van der Waals surface area contributed by atoms with Crippen molar-refractivity contribution in [2.24, 2.45) is 5.92 Å². The van der Waals surface area contributed by atoms with E-state index in [9.17, 15) is 14.0 Å². The zero-order valence-electron chi connectivity index (χ0n) is 14.4. The zero-order valence-corrected chi connectivity index (χ0v) is 14.4. The monoisotopic (exact) mass is 352 g/mol. The first-order chi connectivity index (χ1) is 12.6. The predicted molar refractivity (Wildman–Crippen MR) is 99.8 cm³/mol. The lowest BCUT2D eigenvalue weighted by Crippen LogP contribution is -2.43. The lowest BCUT2D eigenvalue weighted by atomic mass is 9.97. The summed E-state index contributed by atoms with van der Waals surface area (Å²) < 4.78 is 13.2. The van der Waals surface area contributed by atoms with E-state index in [1.54, 1.807) is 23.1 Å². The van der Waals surface area contributed by atoms with Gasteiger partial charge in [-0.15, -0.1) is 0 Å². The molecule has 1 atom stereocenters. The molecule has 134 valence electrons. The molecule has 26 heavy (non-hydrogen) atoms. The third kappa shape index (κ3) is 4.79. The van der Waals surface area contributed by atoms with E-state index in [0.29, 0.717) is 18.7 Å². The molecular weight excluding hydrogens is 331 g/mol. The lowest BCUT2D eigenvalue weighted by Gasteiger charge is -2.31. The Hall–Kier alpha value is -2.95. The van der Waals surface area contributed by atoms with Crippen LogP contribution in [0.5, 0.6) is 0 Å². The fraction of sp³-hybridized carbons (Fsp3) is 0.238. The Kier molecular flexibility index (Phi) is 5.79. The van der Waals surface area contributed by atoms with Gasteiger partial charge in [-0.05, 0) is 48.7 Å². The molecule has 1 unspecified atom stereocenters. The SMILES string of the molecule is O=C(Nc1ccccc1)C1CCCN(C(=O)/C=C/c2cccc(F)c2)C1. The number of halogens is 1. The van der Waals surface area contributed by atoms with Crippen LogP contribution in [0.2, 0.25) is 0 Å². The second kappa shape index (κ2) is 8.43. The van der Waals surface area contributed by atoms with Gasteiger partial charge in [0.15, 0.2) is 0 Å². The molecule has 1 fully saturated rings. The smallest absolute Gasteiger partial charge is 0.246 e. The summed E-state index contributed by atoms with van der Waals surface area (Å²) in [6, 6.07) is 15.4. The van der Waals surface area contributed by atoms with Gasteiger partial charge in [-0.1, -0.05) is 30.3 Å². The summed E-state index contributed by atoms with van der Waals surface area (Å²) in [4.78, 5) is 26.5. The van der Waals surface area contributed by atoms with Crippen LogP contribution in [0.25, 0.3) is 6.08 Å². The summed E-state index contributed by atoms with van der Waals surface area (Å²) >= 11 is 0. The molecule has 0 bridgehead atoms. The number of hydrogen-bond acceptors (Lipinski definition) is 2. The molecule has 5 heteroatoms. The minimum absolute atomic E-state index is 0.0668. The minimum atomic E-state index is -0.338. The highest BCUT2D eigenvalue weighted by Gasteiger charge is 2.27. The number of benzene rings is 2. The van der Waals surface area contributed by atoms with Crippen molar-refractivity contribution in [1.82, 2.24) is 4.90 Å². The maximum atomic E-state index is 13.2. The number of amides is 2. The molecule has 1 aliphatic rings. The standard InChI is InChI=1S/C21H21FN2O2/c22-18-8-4-6-16(14-18)11-12-20(25)24-13-5-7-17(15-24)21(26)23-19-9-2-1-3-10-19/h1-4,6,8-12,14,17H,5,7,13,15H2,(H,23,26)/b12-11+. The first-order valence-electron chi connectivity index (χ1n) is 8.70. The molecule has 0 spiro atoms. The van der Waals surface area contributed by atoms with Crippen LogP contribution in [0.4, 0.5) is 10.1 Å². The number of anilines is 1. The molecule has 0 radical (unpaired) electrons. The van der Waals surface area contributed by atoms with Crippen molar-refractivity contribution in [3.05, 3.63) is 72.1 Å². The Labute approximate surface area is 152 Å². The van der Waals surface area contributed by atoms with Gasteiger partial charge in [0.25, 0.3) is 0 Å². The molecule has 4 nitrogen and oxygen atoms in total. The molecular formula is C21H21FN2O2. The largest absolute Gasteiger partial charge is 0.338 e. The van der Waals surface area contributed by atoms with E-state index in [2.05, 4.69) is 5.32 Å². The van der Waals surface area contributed by atoms with E-state index >= 15 is 0 Å². The van der Waals surface area contributed by atoms with Crippen LogP contribution in [0.15, 0.2) is 60.7 Å². The van der Waals surface area contributed by atoms with E-state index in [1.807, 2.05) is 30.3 Å². The van der Waals surface area contributed by atoms with Crippen molar-refractivity contribution in [2.45, 2.75) is 12.8 Å². The minimum Gasteiger partial charge on any atom is -0.338 e. The molecule has 0 aromatic heterocycles. The molecule has 0 aliphatic carbocycles. The highest BCUT2D eigenvalue weighted by molar-refractivity contribution is 5.95. The quantitative estimate of drug-likeness (QED) is 0.853. The number of para-hydroxylation sites is 1. The van der Waals surface area contributed by atoms with Crippen LogP contribution >= 0.6 is 0 Å². The summed E-state index contributed by atoms with van der Waals surface area (Å²) in [6.07, 6.45) is 4.58. The Morgan fingerprint density at radius 3 is 2.69 bits per heavy atom. The van der Waals surface area contributed by atoms with Gasteiger partial charge in [0.05, 0.1) is 5.92 Å². The number of nitrogens with one attached hydrogen (secondary N) is 1. The Morgan fingerprint density at radius 1 is 1.12 bits per heavy atom. The number of likely N-dealkylation sites (tertiary alicyclic amines) is 1. The topological polar surface area (TPSA) is 49.4 Å². The number of nitrogens with zero attached hydrogens (tertiary/aromatic N) is 1. The summed E-state index contributed by atoms with van der Waals surface area (Å²) in [5, 5.41) is 2.90. The summed E-state index contributed by atoms with van der Waals surface area (Å²) in [6.45, 7) is 1.02. The Morgan fingerprint density at radius 2 is 1.92 bits per heavy atom. The highest BCUT2D eigenvalue weighted by Crippen LogP contribution is 2.19. The molecule has 1 aliphatic heterocycles. The van der Waals surface area contributed by atoms with E-state index in [0.717, 1.165) is 18.5 Å². The molecule has 3 rings (SSSR count). The van der Waals surface area contributed by atoms with Crippen LogP contribution < -0.4 is 5.32 Å². The normalized spacial score (nSPS) is 17.3. The van der Waals surface area contributed by atoms with Crippen LogP contribution in [0, 0.1) is 11.7 Å². The summed E-state index contributed by atoms with van der Waals surface area (Å²) in [5.74, 6) is -0.792. The van der Waals surface area contributed by atoms with Crippen LogP contribution in [0.1, 0.15) is 18.4 Å². The van der Waals surface area contributed by atoms with Gasteiger partial charge in [-0.3, -0.25) is 9.59 Å². The molecule has 0 saturated carbocycles. The van der Waals surface area contributed by atoms with Gasteiger partial charge in [0.1, 0.15) is 5.82 Å². The Balaban J connectivity index is 1.59. The highest BCUT2D eigenvalue weighted by atomic mass is 19.1. The molecule has 2 aromatic carbocycles. The second-order valence-corrected chi connectivity index (χ2v) is 6.37. The summed E-state index contributed by atoms with van der Waals surface area (Å²) in [7, 11) is 0. The number of piperidine rings is 1. The van der Waals surface area contributed by atoms with Gasteiger partial charge >= 0.3 is 0 Å². The van der Waals surface area contributed by atoms with Crippen molar-refractivity contribution in [2.75, 3.05) is 18.4 Å². The van der Waals surface area contributed by atoms with Gasteiger partial charge < -0.3 is 10.2 Å². The van der Waals surface area contributed by atoms with Crippen molar-refractivity contribution < 1.29 is 14.0 Å². The van der Waals surface area contributed by atoms with E-state index in [-0.39, 0.29) is 23.5 Å². The van der Waals surface area contributed by atoms with E-state index in [1.165, 1.54) is 18.2 Å². The number of rotatable bonds is 4. The molecule has 1 heterocycles. The van der Waals surface area contributed by atoms with Crippen molar-refractivity contribution in [1.29, 1.82) is 0 Å². The third-order valence-corrected chi connectivity index (χ3v) is 4.41. The van der Waals surface area contributed by atoms with Crippen LogP contribution in [-0.4, -0.2) is 29.8 Å². The maximum absolute atomic E-state index is 13.2. The fourth-order valence-corrected chi connectivity index (χ4v) is 3.04. The molecule has 1 N–H and O–H groups in total. The number of hydrogen-bond donors (Lipinski definition) is 1. The van der Waals surface area contributed by atoms with Crippen molar-refractivity contribution >= 4 is 23.6 Å².